The zero-order valence-corrected chi connectivity index (χ0v) is 7.68. The Labute approximate surface area is 77.2 Å². The number of nitrogens with zero attached hydrogens (tertiary/aromatic N) is 2. The van der Waals surface area contributed by atoms with Crippen LogP contribution in [-0.4, -0.2) is 41.9 Å². The van der Waals surface area contributed by atoms with E-state index in [1.54, 1.807) is 4.90 Å². The van der Waals surface area contributed by atoms with Crippen molar-refractivity contribution in [1.82, 2.24) is 4.90 Å². The van der Waals surface area contributed by atoms with E-state index in [1.165, 1.54) is 6.34 Å². The lowest BCUT2D eigenvalue weighted by Gasteiger charge is -2.12. The number of hydrogen-bond donors (Lipinski definition) is 3. The van der Waals surface area contributed by atoms with Gasteiger partial charge in [-0.1, -0.05) is 0 Å². The van der Waals surface area contributed by atoms with E-state index in [9.17, 15) is 4.79 Å². The normalized spacial score (nSPS) is 13.1. The van der Waals surface area contributed by atoms with Crippen LogP contribution in [0.3, 0.4) is 0 Å². The van der Waals surface area contributed by atoms with Crippen LogP contribution in [0.2, 0.25) is 0 Å². The smallest absolute Gasteiger partial charge is 0.320 e. The Morgan fingerprint density at radius 1 is 1.77 bits per heavy atom. The van der Waals surface area contributed by atoms with Crippen LogP contribution >= 0.6 is 0 Å². The van der Waals surface area contributed by atoms with Crippen LogP contribution in [-0.2, 0) is 4.79 Å². The molecule has 5 N–H and O–H groups in total. The average molecular weight is 188 g/mol. The monoisotopic (exact) mass is 188 g/mol. The average Bonchev–Trinajstić information content (AvgIpc) is 2.04. The van der Waals surface area contributed by atoms with Crippen molar-refractivity contribution in [2.45, 2.75) is 18.9 Å². The second-order valence-corrected chi connectivity index (χ2v) is 2.83. The first-order valence-corrected chi connectivity index (χ1v) is 4.00. The molecule has 0 aromatic heterocycles. The van der Waals surface area contributed by atoms with E-state index in [0.717, 1.165) is 0 Å². The van der Waals surface area contributed by atoms with Crippen molar-refractivity contribution in [2.24, 2.45) is 16.7 Å². The summed E-state index contributed by atoms with van der Waals surface area (Å²) in [5.41, 5.74) is 5.30. The SMILES string of the molecule is CN(C=NN)CCCC(N)C(=O)O. The molecule has 0 radical (unpaired) electrons. The van der Waals surface area contributed by atoms with Gasteiger partial charge in [0, 0.05) is 13.6 Å². The first kappa shape index (κ1) is 11.7. The van der Waals surface area contributed by atoms with E-state index in [2.05, 4.69) is 5.10 Å². The summed E-state index contributed by atoms with van der Waals surface area (Å²) < 4.78 is 0. The van der Waals surface area contributed by atoms with Crippen molar-refractivity contribution < 1.29 is 9.90 Å². The largest absolute Gasteiger partial charge is 0.480 e. The molecular formula is C7H16N4O2. The number of carboxylic acid groups (broad SMARTS) is 1. The quantitative estimate of drug-likeness (QED) is 0.215. The van der Waals surface area contributed by atoms with Gasteiger partial charge in [0.25, 0.3) is 0 Å². The van der Waals surface area contributed by atoms with Gasteiger partial charge >= 0.3 is 5.97 Å². The van der Waals surface area contributed by atoms with E-state index in [4.69, 9.17) is 16.7 Å². The van der Waals surface area contributed by atoms with Crippen molar-refractivity contribution in [2.75, 3.05) is 13.6 Å². The highest BCUT2D eigenvalue weighted by molar-refractivity contribution is 5.72. The lowest BCUT2D eigenvalue weighted by molar-refractivity contribution is -0.138. The number of nitrogens with two attached hydrogens (primary N) is 2. The van der Waals surface area contributed by atoms with Gasteiger partial charge in [0.2, 0.25) is 0 Å². The minimum absolute atomic E-state index is 0.456. The summed E-state index contributed by atoms with van der Waals surface area (Å²) in [6, 6.07) is -0.775. The second kappa shape index (κ2) is 6.24. The van der Waals surface area contributed by atoms with Crippen LogP contribution in [0.25, 0.3) is 0 Å². The molecule has 0 spiro atoms. The van der Waals surface area contributed by atoms with Crippen molar-refractivity contribution in [3.63, 3.8) is 0 Å². The molecule has 0 saturated carbocycles. The molecule has 6 heteroatoms. The van der Waals surface area contributed by atoms with Gasteiger partial charge in [-0.05, 0) is 12.8 Å². The fourth-order valence-corrected chi connectivity index (χ4v) is 0.856. The minimum atomic E-state index is -0.963. The topological polar surface area (TPSA) is 105 Å². The molecule has 1 atom stereocenters. The predicted octanol–water partition coefficient (Wildman–Crippen LogP) is -0.988. The van der Waals surface area contributed by atoms with Gasteiger partial charge in [-0.3, -0.25) is 4.79 Å². The molecule has 0 saturated heterocycles. The van der Waals surface area contributed by atoms with E-state index in [0.29, 0.717) is 19.4 Å². The lowest BCUT2D eigenvalue weighted by atomic mass is 10.2. The summed E-state index contributed by atoms with van der Waals surface area (Å²) in [4.78, 5) is 12.1. The maximum Gasteiger partial charge on any atom is 0.320 e. The molecule has 1 unspecified atom stereocenters. The van der Waals surface area contributed by atoms with E-state index < -0.39 is 12.0 Å². The van der Waals surface area contributed by atoms with Gasteiger partial charge in [-0.15, -0.1) is 0 Å². The second-order valence-electron chi connectivity index (χ2n) is 2.83. The number of hydrogen-bond acceptors (Lipinski definition) is 4. The van der Waals surface area contributed by atoms with Crippen LogP contribution in [0, 0.1) is 0 Å². The molecule has 0 heterocycles. The number of carbonyl (C=O) groups is 1. The Balaban J connectivity index is 3.50. The Kier molecular flexibility index (Phi) is 5.62. The lowest BCUT2D eigenvalue weighted by Crippen LogP contribution is -2.31. The van der Waals surface area contributed by atoms with Crippen LogP contribution in [0.15, 0.2) is 5.10 Å². The fourth-order valence-electron chi connectivity index (χ4n) is 0.856. The molecule has 6 nitrogen and oxygen atoms in total. The number of rotatable bonds is 6. The van der Waals surface area contributed by atoms with Crippen LogP contribution in [0.5, 0.6) is 0 Å². The predicted molar refractivity (Wildman–Crippen MR) is 50.2 cm³/mol. The molecule has 0 aromatic rings. The van der Waals surface area contributed by atoms with Crippen molar-refractivity contribution in [1.29, 1.82) is 0 Å². The molecular weight excluding hydrogens is 172 g/mol. The van der Waals surface area contributed by atoms with Gasteiger partial charge in [-0.25, -0.2) is 0 Å². The maximum absolute atomic E-state index is 10.3. The number of carboxylic acids is 1. The Hall–Kier alpha value is -1.30. The molecule has 0 aliphatic carbocycles. The summed E-state index contributed by atoms with van der Waals surface area (Å²) in [7, 11) is 1.81. The fraction of sp³-hybridized carbons (Fsp3) is 0.714. The van der Waals surface area contributed by atoms with Gasteiger partial charge in [0.05, 0.1) is 0 Å². The van der Waals surface area contributed by atoms with Crippen LogP contribution in [0.1, 0.15) is 12.8 Å². The standard InChI is InChI=1S/C7H16N4O2/c1-11(5-10-9)4-2-3-6(8)7(12)13/h5-6H,2-4,8-9H2,1H3,(H,12,13). The minimum Gasteiger partial charge on any atom is -0.480 e. The van der Waals surface area contributed by atoms with Crippen molar-refractivity contribution in [3.8, 4) is 0 Å². The van der Waals surface area contributed by atoms with Crippen LogP contribution in [0.4, 0.5) is 0 Å². The summed E-state index contributed by atoms with van der Waals surface area (Å²) in [6.45, 7) is 0.696. The Morgan fingerprint density at radius 3 is 2.85 bits per heavy atom. The van der Waals surface area contributed by atoms with Crippen LogP contribution < -0.4 is 11.6 Å². The summed E-state index contributed by atoms with van der Waals surface area (Å²) >= 11 is 0. The zero-order chi connectivity index (χ0) is 10.3. The highest BCUT2D eigenvalue weighted by atomic mass is 16.4. The zero-order valence-electron chi connectivity index (χ0n) is 7.68. The van der Waals surface area contributed by atoms with Gasteiger partial charge in [0.15, 0.2) is 0 Å². The first-order chi connectivity index (χ1) is 6.07. The number of hydrazone groups is 1. The Morgan fingerprint density at radius 2 is 2.38 bits per heavy atom. The number of aliphatic carboxylic acids is 1. The molecule has 0 bridgehead atoms. The molecule has 0 aromatic carbocycles. The highest BCUT2D eigenvalue weighted by Crippen LogP contribution is 1.95. The van der Waals surface area contributed by atoms with E-state index in [1.807, 2.05) is 7.05 Å². The molecule has 76 valence electrons. The summed E-state index contributed by atoms with van der Waals surface area (Å²) in [6.07, 6.45) is 2.64. The molecule has 13 heavy (non-hydrogen) atoms. The Bertz CT molecular complexity index is 183. The molecule has 0 amide bonds. The van der Waals surface area contributed by atoms with Gasteiger partial charge in [-0.2, -0.15) is 5.10 Å². The molecule has 0 aliphatic rings. The maximum atomic E-state index is 10.3. The first-order valence-electron chi connectivity index (χ1n) is 4.00. The third-order valence-electron chi connectivity index (χ3n) is 1.61. The third kappa shape index (κ3) is 5.92. The molecule has 0 rings (SSSR count). The third-order valence-corrected chi connectivity index (χ3v) is 1.61. The molecule has 0 fully saturated rings. The van der Waals surface area contributed by atoms with Gasteiger partial charge in [0.1, 0.15) is 12.4 Å². The molecule has 0 aliphatic heterocycles. The van der Waals surface area contributed by atoms with Crippen molar-refractivity contribution >= 4 is 12.3 Å². The highest BCUT2D eigenvalue weighted by Gasteiger charge is 2.10. The van der Waals surface area contributed by atoms with Crippen molar-refractivity contribution in [3.05, 3.63) is 0 Å². The van der Waals surface area contributed by atoms with Gasteiger partial charge < -0.3 is 21.6 Å². The summed E-state index contributed by atoms with van der Waals surface area (Å²) in [5, 5.41) is 11.8. The van der Waals surface area contributed by atoms with E-state index >= 15 is 0 Å². The van der Waals surface area contributed by atoms with E-state index in [-0.39, 0.29) is 0 Å². The summed E-state index contributed by atoms with van der Waals surface area (Å²) in [5.74, 6) is 3.96.